The van der Waals surface area contributed by atoms with Gasteiger partial charge in [-0.2, -0.15) is 5.10 Å². The number of ether oxygens (including phenoxy) is 1. The lowest BCUT2D eigenvalue weighted by molar-refractivity contribution is -0.116. The number of aryl methyl sites for hydroxylation is 1. The van der Waals surface area contributed by atoms with Gasteiger partial charge in [-0.3, -0.25) is 9.59 Å². The summed E-state index contributed by atoms with van der Waals surface area (Å²) in [5.74, 6) is -2.03. The Morgan fingerprint density at radius 3 is 2.65 bits per heavy atom. The van der Waals surface area contributed by atoms with Crippen molar-refractivity contribution < 1.29 is 23.1 Å². The maximum absolute atomic E-state index is 14.4. The average molecular weight is 425 g/mol. The highest BCUT2D eigenvalue weighted by Crippen LogP contribution is 2.38. The van der Waals surface area contributed by atoms with E-state index in [1.807, 2.05) is 6.92 Å². The first-order valence-corrected chi connectivity index (χ1v) is 10.0. The zero-order chi connectivity index (χ0) is 22.1. The quantitative estimate of drug-likeness (QED) is 0.588. The predicted molar refractivity (Wildman–Crippen MR) is 111 cm³/mol. The van der Waals surface area contributed by atoms with Gasteiger partial charge < -0.3 is 10.1 Å². The number of Topliss-reactive ketones (excluding diaryl/α,β-unsaturated/α-hetero) is 1. The summed E-state index contributed by atoms with van der Waals surface area (Å²) in [6.07, 6.45) is 0.830. The molecule has 0 unspecified atom stereocenters. The number of fused-ring (bicyclic) bond motifs is 1. The smallest absolute Gasteiger partial charge is 0.226 e. The molecule has 1 aliphatic rings. The topological polar surface area (TPSA) is 73.2 Å². The SMILES string of the molecule is CCCOc1ccc(C(=O)[C@H]2CC(=O)Nc3c2c(C)nn3-c2ccc(F)cc2F)cc1. The number of aromatic nitrogens is 2. The number of hydrogen-bond donors (Lipinski definition) is 1. The average Bonchev–Trinajstić information content (AvgIpc) is 3.07. The number of ketones is 1. The van der Waals surface area contributed by atoms with E-state index in [1.165, 1.54) is 10.7 Å². The van der Waals surface area contributed by atoms with Crippen LogP contribution in [0, 0.1) is 18.6 Å². The van der Waals surface area contributed by atoms with Crippen molar-refractivity contribution in [3.05, 3.63) is 70.9 Å². The van der Waals surface area contributed by atoms with Gasteiger partial charge in [0.1, 0.15) is 23.1 Å². The Kier molecular flexibility index (Phi) is 5.54. The number of halogens is 2. The van der Waals surface area contributed by atoms with Crippen molar-refractivity contribution >= 4 is 17.5 Å². The Morgan fingerprint density at radius 1 is 1.23 bits per heavy atom. The lowest BCUT2D eigenvalue weighted by Gasteiger charge is -2.23. The highest BCUT2D eigenvalue weighted by molar-refractivity contribution is 6.08. The van der Waals surface area contributed by atoms with Crippen molar-refractivity contribution in [3.63, 3.8) is 0 Å². The van der Waals surface area contributed by atoms with Crippen LogP contribution < -0.4 is 10.1 Å². The Morgan fingerprint density at radius 2 is 1.97 bits per heavy atom. The number of rotatable bonds is 6. The van der Waals surface area contributed by atoms with Crippen LogP contribution in [0.5, 0.6) is 5.75 Å². The number of amides is 1. The van der Waals surface area contributed by atoms with Crippen LogP contribution in [0.2, 0.25) is 0 Å². The molecule has 2 heterocycles. The molecule has 31 heavy (non-hydrogen) atoms. The zero-order valence-electron chi connectivity index (χ0n) is 17.1. The molecule has 1 atom stereocenters. The number of carbonyl (C=O) groups excluding carboxylic acids is 2. The number of anilines is 1. The lowest BCUT2D eigenvalue weighted by atomic mass is 9.85. The van der Waals surface area contributed by atoms with Crippen molar-refractivity contribution in [2.45, 2.75) is 32.6 Å². The molecule has 3 aromatic rings. The summed E-state index contributed by atoms with van der Waals surface area (Å²) in [4.78, 5) is 25.7. The van der Waals surface area contributed by atoms with Gasteiger partial charge in [0.05, 0.1) is 18.2 Å². The maximum Gasteiger partial charge on any atom is 0.226 e. The minimum Gasteiger partial charge on any atom is -0.494 e. The summed E-state index contributed by atoms with van der Waals surface area (Å²) < 4.78 is 34.5. The lowest BCUT2D eigenvalue weighted by Crippen LogP contribution is -2.28. The largest absolute Gasteiger partial charge is 0.494 e. The van der Waals surface area contributed by atoms with E-state index >= 15 is 0 Å². The van der Waals surface area contributed by atoms with Crippen molar-refractivity contribution in [1.82, 2.24) is 9.78 Å². The Balaban J connectivity index is 1.72. The molecule has 0 bridgehead atoms. The number of nitrogens with one attached hydrogen (secondary N) is 1. The molecule has 1 N–H and O–H groups in total. The molecule has 4 rings (SSSR count). The molecule has 0 fully saturated rings. The minimum atomic E-state index is -0.823. The van der Waals surface area contributed by atoms with Gasteiger partial charge >= 0.3 is 0 Å². The molecule has 0 aliphatic carbocycles. The van der Waals surface area contributed by atoms with Crippen LogP contribution in [0.25, 0.3) is 5.69 Å². The van der Waals surface area contributed by atoms with Gasteiger partial charge in [0.25, 0.3) is 0 Å². The van der Waals surface area contributed by atoms with Gasteiger partial charge in [-0.15, -0.1) is 0 Å². The summed E-state index contributed by atoms with van der Waals surface area (Å²) in [5.41, 5.74) is 1.44. The molecule has 1 aliphatic heterocycles. The van der Waals surface area contributed by atoms with Gasteiger partial charge in [-0.25, -0.2) is 13.5 Å². The van der Waals surface area contributed by atoms with Crippen LogP contribution in [-0.2, 0) is 4.79 Å². The summed E-state index contributed by atoms with van der Waals surface area (Å²) in [6.45, 7) is 4.28. The Labute approximate surface area is 177 Å². The normalized spacial score (nSPS) is 15.4. The van der Waals surface area contributed by atoms with Gasteiger partial charge in [0.2, 0.25) is 5.91 Å². The Bertz CT molecular complexity index is 1160. The predicted octanol–water partition coefficient (Wildman–Crippen LogP) is 4.56. The Hall–Kier alpha value is -3.55. The fraction of sp³-hybridized carbons (Fsp3) is 0.261. The molecular formula is C23H21F2N3O3. The van der Waals surface area contributed by atoms with Crippen LogP contribution in [-0.4, -0.2) is 28.1 Å². The number of hydrogen-bond acceptors (Lipinski definition) is 4. The monoisotopic (exact) mass is 425 g/mol. The maximum atomic E-state index is 14.4. The van der Waals surface area contributed by atoms with E-state index in [0.717, 1.165) is 18.6 Å². The summed E-state index contributed by atoms with van der Waals surface area (Å²) in [7, 11) is 0. The molecule has 0 saturated carbocycles. The molecule has 0 saturated heterocycles. The van der Waals surface area contributed by atoms with Gasteiger partial charge in [-0.1, -0.05) is 6.92 Å². The van der Waals surface area contributed by atoms with E-state index < -0.39 is 17.6 Å². The van der Waals surface area contributed by atoms with Crippen molar-refractivity contribution in [3.8, 4) is 11.4 Å². The summed E-state index contributed by atoms with van der Waals surface area (Å²) >= 11 is 0. The minimum absolute atomic E-state index is 0.0171. The highest BCUT2D eigenvalue weighted by Gasteiger charge is 2.36. The van der Waals surface area contributed by atoms with Gasteiger partial charge in [-0.05, 0) is 49.7 Å². The van der Waals surface area contributed by atoms with Crippen LogP contribution in [0.15, 0.2) is 42.5 Å². The second-order valence-corrected chi connectivity index (χ2v) is 7.40. The van der Waals surface area contributed by atoms with E-state index in [9.17, 15) is 18.4 Å². The van der Waals surface area contributed by atoms with Crippen LogP contribution in [0.1, 0.15) is 47.3 Å². The van der Waals surface area contributed by atoms with Crippen molar-refractivity contribution in [2.75, 3.05) is 11.9 Å². The van der Waals surface area contributed by atoms with Gasteiger partial charge in [0, 0.05) is 23.6 Å². The first kappa shape index (κ1) is 20.7. The highest BCUT2D eigenvalue weighted by atomic mass is 19.1. The molecule has 0 radical (unpaired) electrons. The van der Waals surface area contributed by atoms with Crippen LogP contribution in [0.3, 0.4) is 0 Å². The second kappa shape index (κ2) is 8.29. The standard InChI is InChI=1S/C23H21F2N3O3/c1-3-10-31-16-7-4-14(5-8-16)22(30)17-12-20(29)26-23-21(17)13(2)27-28(23)19-9-6-15(24)11-18(19)25/h4-9,11,17H,3,10,12H2,1-2H3,(H,26,29)/t17-/m0/s1. The van der Waals surface area contributed by atoms with Crippen molar-refractivity contribution in [2.24, 2.45) is 0 Å². The molecule has 8 heteroatoms. The van der Waals surface area contributed by atoms with Crippen LogP contribution in [0.4, 0.5) is 14.6 Å². The van der Waals surface area contributed by atoms with E-state index in [1.54, 1.807) is 31.2 Å². The third-order valence-electron chi connectivity index (χ3n) is 5.17. The van der Waals surface area contributed by atoms with E-state index in [-0.39, 0.29) is 29.6 Å². The second-order valence-electron chi connectivity index (χ2n) is 7.40. The van der Waals surface area contributed by atoms with Crippen LogP contribution >= 0.6 is 0 Å². The van der Waals surface area contributed by atoms with E-state index in [2.05, 4.69) is 10.4 Å². The third kappa shape index (κ3) is 3.93. The van der Waals surface area contributed by atoms with Crippen molar-refractivity contribution in [1.29, 1.82) is 0 Å². The number of benzene rings is 2. The van der Waals surface area contributed by atoms with E-state index in [0.29, 0.717) is 29.2 Å². The number of carbonyl (C=O) groups is 2. The first-order chi connectivity index (χ1) is 14.9. The third-order valence-corrected chi connectivity index (χ3v) is 5.17. The number of nitrogens with zero attached hydrogens (tertiary/aromatic N) is 2. The molecule has 1 aromatic heterocycles. The summed E-state index contributed by atoms with van der Waals surface area (Å²) in [6, 6.07) is 9.86. The molecule has 1 amide bonds. The molecular weight excluding hydrogens is 404 g/mol. The molecule has 6 nitrogen and oxygen atoms in total. The first-order valence-electron chi connectivity index (χ1n) is 10.0. The van der Waals surface area contributed by atoms with Gasteiger partial charge in [0.15, 0.2) is 11.6 Å². The molecule has 160 valence electrons. The molecule has 2 aromatic carbocycles. The zero-order valence-corrected chi connectivity index (χ0v) is 17.1. The summed E-state index contributed by atoms with van der Waals surface area (Å²) in [5, 5.41) is 7.02. The fourth-order valence-electron chi connectivity index (χ4n) is 3.74. The van der Waals surface area contributed by atoms with E-state index in [4.69, 9.17) is 4.74 Å². The molecule has 0 spiro atoms. The fourth-order valence-corrected chi connectivity index (χ4v) is 3.74.